The van der Waals surface area contributed by atoms with Gasteiger partial charge in [0.05, 0.1) is 24.0 Å². The predicted molar refractivity (Wildman–Crippen MR) is 89.3 cm³/mol. The number of ether oxygens (including phenoxy) is 1. The van der Waals surface area contributed by atoms with Crippen LogP contribution in [0.1, 0.15) is 18.4 Å². The first-order valence-corrected chi connectivity index (χ1v) is 7.80. The third kappa shape index (κ3) is 3.13. The van der Waals surface area contributed by atoms with E-state index in [1.165, 1.54) is 6.07 Å². The molecule has 1 heterocycles. The molecule has 128 valence electrons. The Morgan fingerprint density at radius 1 is 1.04 bits per heavy atom. The van der Waals surface area contributed by atoms with Gasteiger partial charge in [-0.25, -0.2) is 0 Å². The van der Waals surface area contributed by atoms with Crippen molar-refractivity contribution >= 4 is 11.4 Å². The number of methoxy groups -OCH3 is 1. The maximum atomic E-state index is 13.2. The first kappa shape index (κ1) is 16.5. The average Bonchev–Trinajstić information content (AvgIpc) is 3.07. The summed E-state index contributed by atoms with van der Waals surface area (Å²) < 4.78 is 44.7. The van der Waals surface area contributed by atoms with Gasteiger partial charge in [0.2, 0.25) is 0 Å². The number of benzene rings is 2. The molecule has 1 aliphatic rings. The highest BCUT2D eigenvalue weighted by molar-refractivity contribution is 5.88. The van der Waals surface area contributed by atoms with Crippen LogP contribution in [-0.4, -0.2) is 20.2 Å². The van der Waals surface area contributed by atoms with Gasteiger partial charge in [-0.3, -0.25) is 0 Å². The lowest BCUT2D eigenvalue weighted by atomic mass is 9.98. The summed E-state index contributed by atoms with van der Waals surface area (Å²) in [6.07, 6.45) is -2.40. The van der Waals surface area contributed by atoms with Crippen LogP contribution in [0.5, 0.6) is 5.75 Å². The van der Waals surface area contributed by atoms with Gasteiger partial charge >= 0.3 is 6.18 Å². The van der Waals surface area contributed by atoms with Gasteiger partial charge in [-0.15, -0.1) is 0 Å². The predicted octanol–water partition coefficient (Wildman–Crippen LogP) is 4.56. The largest absolute Gasteiger partial charge is 0.497 e. The third-order valence-corrected chi connectivity index (χ3v) is 4.29. The van der Waals surface area contributed by atoms with E-state index in [9.17, 15) is 13.2 Å². The molecule has 0 atom stereocenters. The van der Waals surface area contributed by atoms with Crippen LogP contribution in [-0.2, 0) is 6.18 Å². The maximum absolute atomic E-state index is 13.2. The minimum absolute atomic E-state index is 0.164. The van der Waals surface area contributed by atoms with Crippen LogP contribution in [0.4, 0.5) is 24.5 Å². The SMILES string of the molecule is COc1ccc(-c2cc(C(F)(F)F)cc(N)c2N2CCCC2)cc1. The van der Waals surface area contributed by atoms with E-state index >= 15 is 0 Å². The fourth-order valence-electron chi connectivity index (χ4n) is 3.10. The second kappa shape index (κ2) is 6.26. The highest BCUT2D eigenvalue weighted by Gasteiger charge is 2.33. The summed E-state index contributed by atoms with van der Waals surface area (Å²) in [5, 5.41) is 0. The van der Waals surface area contributed by atoms with Gasteiger partial charge in [0.25, 0.3) is 0 Å². The summed E-state index contributed by atoms with van der Waals surface area (Å²) in [6, 6.07) is 9.20. The van der Waals surface area contributed by atoms with Gasteiger partial charge in [-0.05, 0) is 42.7 Å². The van der Waals surface area contributed by atoms with Gasteiger partial charge in [0.1, 0.15) is 5.75 Å². The van der Waals surface area contributed by atoms with Crippen LogP contribution in [0.2, 0.25) is 0 Å². The topological polar surface area (TPSA) is 38.5 Å². The molecule has 0 radical (unpaired) electrons. The fraction of sp³-hybridized carbons (Fsp3) is 0.333. The Morgan fingerprint density at radius 2 is 1.67 bits per heavy atom. The fourth-order valence-corrected chi connectivity index (χ4v) is 3.10. The van der Waals surface area contributed by atoms with E-state index in [-0.39, 0.29) is 5.69 Å². The monoisotopic (exact) mass is 336 g/mol. The van der Waals surface area contributed by atoms with Crippen molar-refractivity contribution in [1.29, 1.82) is 0 Å². The Morgan fingerprint density at radius 3 is 2.21 bits per heavy atom. The van der Waals surface area contributed by atoms with Crippen molar-refractivity contribution in [2.45, 2.75) is 19.0 Å². The van der Waals surface area contributed by atoms with Crippen molar-refractivity contribution in [3.63, 3.8) is 0 Å². The molecule has 0 saturated carbocycles. The highest BCUT2D eigenvalue weighted by Crippen LogP contribution is 2.42. The van der Waals surface area contributed by atoms with Crippen molar-refractivity contribution in [2.75, 3.05) is 30.8 Å². The van der Waals surface area contributed by atoms with E-state index in [1.54, 1.807) is 31.4 Å². The molecule has 1 fully saturated rings. The molecule has 6 heteroatoms. The molecule has 24 heavy (non-hydrogen) atoms. The van der Waals surface area contributed by atoms with E-state index in [0.717, 1.165) is 32.0 Å². The van der Waals surface area contributed by atoms with Crippen molar-refractivity contribution in [1.82, 2.24) is 0 Å². The summed E-state index contributed by atoms with van der Waals surface area (Å²) >= 11 is 0. The van der Waals surface area contributed by atoms with E-state index in [1.807, 2.05) is 0 Å². The van der Waals surface area contributed by atoms with Crippen molar-refractivity contribution in [2.24, 2.45) is 0 Å². The zero-order valence-corrected chi connectivity index (χ0v) is 13.4. The Labute approximate surface area is 138 Å². The number of halogens is 3. The van der Waals surface area contributed by atoms with Crippen LogP contribution < -0.4 is 15.4 Å². The summed E-state index contributed by atoms with van der Waals surface area (Å²) in [5.74, 6) is 0.654. The number of nitrogen functional groups attached to an aromatic ring is 1. The highest BCUT2D eigenvalue weighted by atomic mass is 19.4. The second-order valence-electron chi connectivity index (χ2n) is 5.88. The lowest BCUT2D eigenvalue weighted by molar-refractivity contribution is -0.137. The Hall–Kier alpha value is -2.37. The van der Waals surface area contributed by atoms with E-state index in [2.05, 4.69) is 4.90 Å². The Kier molecular flexibility index (Phi) is 4.30. The smallest absolute Gasteiger partial charge is 0.416 e. The zero-order chi connectivity index (χ0) is 17.3. The van der Waals surface area contributed by atoms with E-state index < -0.39 is 11.7 Å². The molecule has 0 unspecified atom stereocenters. The molecule has 1 aliphatic heterocycles. The van der Waals surface area contributed by atoms with E-state index in [0.29, 0.717) is 22.6 Å². The molecule has 0 bridgehead atoms. The third-order valence-electron chi connectivity index (χ3n) is 4.29. The van der Waals surface area contributed by atoms with Crippen molar-refractivity contribution < 1.29 is 17.9 Å². The van der Waals surface area contributed by atoms with Gasteiger partial charge in [-0.1, -0.05) is 12.1 Å². The molecule has 0 amide bonds. The normalized spacial score (nSPS) is 14.9. The first-order valence-electron chi connectivity index (χ1n) is 7.80. The minimum Gasteiger partial charge on any atom is -0.497 e. The number of hydrogen-bond acceptors (Lipinski definition) is 3. The molecular weight excluding hydrogens is 317 g/mol. The van der Waals surface area contributed by atoms with Crippen LogP contribution in [0, 0.1) is 0 Å². The molecular formula is C18H19F3N2O. The average molecular weight is 336 g/mol. The number of hydrogen-bond donors (Lipinski definition) is 1. The summed E-state index contributed by atoms with van der Waals surface area (Å²) in [7, 11) is 1.55. The first-order chi connectivity index (χ1) is 11.4. The molecule has 0 aliphatic carbocycles. The quantitative estimate of drug-likeness (QED) is 0.835. The minimum atomic E-state index is -4.43. The lowest BCUT2D eigenvalue weighted by Crippen LogP contribution is -2.21. The molecule has 3 rings (SSSR count). The molecule has 2 N–H and O–H groups in total. The molecule has 2 aromatic carbocycles. The lowest BCUT2D eigenvalue weighted by Gasteiger charge is -2.25. The number of nitrogens with two attached hydrogens (primary N) is 1. The zero-order valence-electron chi connectivity index (χ0n) is 13.4. The van der Waals surface area contributed by atoms with Crippen molar-refractivity contribution in [3.05, 3.63) is 42.0 Å². The van der Waals surface area contributed by atoms with Crippen LogP contribution in [0.3, 0.4) is 0 Å². The standard InChI is InChI=1S/C18H19F3N2O/c1-24-14-6-4-12(5-7-14)15-10-13(18(19,20)21)11-16(22)17(15)23-8-2-3-9-23/h4-7,10-11H,2-3,8-9,22H2,1H3. The summed E-state index contributed by atoms with van der Waals surface area (Å²) in [5.41, 5.74) is 7.34. The molecule has 0 spiro atoms. The summed E-state index contributed by atoms with van der Waals surface area (Å²) in [4.78, 5) is 2.06. The van der Waals surface area contributed by atoms with Crippen LogP contribution >= 0.6 is 0 Å². The number of nitrogens with zero attached hydrogens (tertiary/aromatic N) is 1. The second-order valence-corrected chi connectivity index (χ2v) is 5.88. The van der Waals surface area contributed by atoms with Crippen molar-refractivity contribution in [3.8, 4) is 16.9 Å². The molecule has 2 aromatic rings. The molecule has 1 saturated heterocycles. The maximum Gasteiger partial charge on any atom is 0.416 e. The summed E-state index contributed by atoms with van der Waals surface area (Å²) in [6.45, 7) is 1.61. The number of anilines is 2. The van der Waals surface area contributed by atoms with Crippen LogP contribution in [0.25, 0.3) is 11.1 Å². The molecule has 0 aromatic heterocycles. The van der Waals surface area contributed by atoms with Gasteiger partial charge in [0.15, 0.2) is 0 Å². The molecule has 3 nitrogen and oxygen atoms in total. The van der Waals surface area contributed by atoms with Gasteiger partial charge in [0, 0.05) is 18.7 Å². The van der Waals surface area contributed by atoms with Gasteiger partial charge < -0.3 is 15.4 Å². The van der Waals surface area contributed by atoms with Crippen LogP contribution in [0.15, 0.2) is 36.4 Å². The number of alkyl halides is 3. The Bertz CT molecular complexity index is 720. The Balaban J connectivity index is 2.16. The van der Waals surface area contributed by atoms with Gasteiger partial charge in [-0.2, -0.15) is 13.2 Å². The van der Waals surface area contributed by atoms with E-state index in [4.69, 9.17) is 10.5 Å². The number of rotatable bonds is 3.